The Labute approximate surface area is 176 Å². The number of ether oxygens (including phenoxy) is 1. The Hall–Kier alpha value is -3.71. The maximum atomic E-state index is 13.9. The topological polar surface area (TPSA) is 77.2 Å². The third kappa shape index (κ3) is 4.47. The van der Waals surface area contributed by atoms with Gasteiger partial charge in [0.15, 0.2) is 6.61 Å². The van der Waals surface area contributed by atoms with Gasteiger partial charge in [-0.25, -0.2) is 4.39 Å². The predicted octanol–water partition coefficient (Wildman–Crippen LogP) is 5.21. The van der Waals surface area contributed by atoms with Crippen LogP contribution in [0.3, 0.4) is 0 Å². The van der Waals surface area contributed by atoms with Crippen LogP contribution in [0.1, 0.15) is 0 Å². The van der Waals surface area contributed by atoms with E-state index in [9.17, 15) is 9.18 Å². The van der Waals surface area contributed by atoms with E-state index in [2.05, 4.69) is 15.5 Å². The van der Waals surface area contributed by atoms with E-state index < -0.39 is 5.82 Å². The summed E-state index contributed by atoms with van der Waals surface area (Å²) in [7, 11) is 0. The zero-order chi connectivity index (χ0) is 20.9. The number of rotatable bonds is 6. The highest BCUT2D eigenvalue weighted by atomic mass is 35.5. The van der Waals surface area contributed by atoms with Crippen LogP contribution in [0.2, 0.25) is 5.02 Å². The average molecular weight is 424 g/mol. The second-order valence-corrected chi connectivity index (χ2v) is 6.65. The highest BCUT2D eigenvalue weighted by Gasteiger charge is 2.14. The summed E-state index contributed by atoms with van der Waals surface area (Å²) in [5.74, 6) is -0.00368. The number of carbonyl (C=O) groups excluding carboxylic acids is 1. The summed E-state index contributed by atoms with van der Waals surface area (Å²) in [5, 5.41) is 7.03. The molecule has 0 spiro atoms. The Kier molecular flexibility index (Phi) is 5.72. The standard InChI is InChI=1S/C22H15ClFN3O3/c23-17-9-2-4-11-19(17)25-20(28)13-29-15-7-5-6-14(12-15)21-26-22(30-27-21)16-8-1-3-10-18(16)24/h1-12H,13H2,(H,25,28). The number of hydrogen-bond acceptors (Lipinski definition) is 5. The molecule has 4 rings (SSSR count). The molecule has 0 unspecified atom stereocenters. The van der Waals surface area contributed by atoms with Gasteiger partial charge in [-0.05, 0) is 36.4 Å². The van der Waals surface area contributed by atoms with Crippen molar-refractivity contribution < 1.29 is 18.4 Å². The maximum Gasteiger partial charge on any atom is 0.262 e. The molecule has 1 amide bonds. The van der Waals surface area contributed by atoms with Crippen molar-refractivity contribution in [2.75, 3.05) is 11.9 Å². The van der Waals surface area contributed by atoms with E-state index in [4.69, 9.17) is 20.9 Å². The molecular weight excluding hydrogens is 409 g/mol. The number of amides is 1. The summed E-state index contributed by atoms with van der Waals surface area (Å²) >= 11 is 6.03. The van der Waals surface area contributed by atoms with Crippen molar-refractivity contribution in [2.45, 2.75) is 0 Å². The molecule has 0 saturated heterocycles. The number of nitrogens with one attached hydrogen (secondary N) is 1. The lowest BCUT2D eigenvalue weighted by atomic mass is 10.2. The molecule has 8 heteroatoms. The first-order valence-corrected chi connectivity index (χ1v) is 9.34. The van der Waals surface area contributed by atoms with Crippen LogP contribution < -0.4 is 10.1 Å². The third-order valence-corrected chi connectivity index (χ3v) is 4.47. The minimum atomic E-state index is -0.450. The molecule has 1 aromatic heterocycles. The van der Waals surface area contributed by atoms with Crippen LogP contribution in [0.15, 0.2) is 77.3 Å². The number of halogens is 2. The summed E-state index contributed by atoms with van der Waals surface area (Å²) < 4.78 is 24.6. The Morgan fingerprint density at radius 1 is 1.07 bits per heavy atom. The Bertz CT molecular complexity index is 1200. The van der Waals surface area contributed by atoms with Gasteiger partial charge in [-0.15, -0.1) is 0 Å². The van der Waals surface area contributed by atoms with Gasteiger partial charge in [-0.3, -0.25) is 4.79 Å². The molecule has 3 aromatic carbocycles. The fourth-order valence-corrected chi connectivity index (χ4v) is 2.89. The molecule has 1 heterocycles. The normalized spacial score (nSPS) is 10.6. The van der Waals surface area contributed by atoms with E-state index in [1.165, 1.54) is 6.07 Å². The first-order valence-electron chi connectivity index (χ1n) is 8.96. The molecule has 150 valence electrons. The lowest BCUT2D eigenvalue weighted by molar-refractivity contribution is -0.118. The van der Waals surface area contributed by atoms with Crippen molar-refractivity contribution in [3.05, 3.63) is 83.6 Å². The SMILES string of the molecule is O=C(COc1cccc(-c2noc(-c3ccccc3F)n2)c1)Nc1ccccc1Cl. The summed E-state index contributed by atoms with van der Waals surface area (Å²) in [6, 6.07) is 19.9. The molecule has 0 radical (unpaired) electrons. The number of anilines is 1. The molecule has 1 N–H and O–H groups in total. The molecule has 6 nitrogen and oxygen atoms in total. The monoisotopic (exact) mass is 423 g/mol. The van der Waals surface area contributed by atoms with Gasteiger partial charge in [-0.1, -0.05) is 53.2 Å². The first-order chi connectivity index (χ1) is 14.6. The second-order valence-electron chi connectivity index (χ2n) is 6.25. The Morgan fingerprint density at radius 2 is 1.87 bits per heavy atom. The predicted molar refractivity (Wildman–Crippen MR) is 111 cm³/mol. The molecule has 0 aliphatic carbocycles. The largest absolute Gasteiger partial charge is 0.484 e. The summed E-state index contributed by atoms with van der Waals surface area (Å²) in [6.45, 7) is -0.207. The van der Waals surface area contributed by atoms with Crippen LogP contribution in [0, 0.1) is 5.82 Å². The van der Waals surface area contributed by atoms with Crippen LogP contribution in [-0.2, 0) is 4.79 Å². The van der Waals surface area contributed by atoms with Crippen molar-refractivity contribution >= 4 is 23.2 Å². The zero-order valence-electron chi connectivity index (χ0n) is 15.5. The van der Waals surface area contributed by atoms with E-state index in [0.29, 0.717) is 22.0 Å². The summed E-state index contributed by atoms with van der Waals surface area (Å²) in [5.41, 5.74) is 1.33. The highest BCUT2D eigenvalue weighted by Crippen LogP contribution is 2.26. The molecule has 0 atom stereocenters. The Balaban J connectivity index is 1.44. The third-order valence-electron chi connectivity index (χ3n) is 4.14. The van der Waals surface area contributed by atoms with Crippen molar-refractivity contribution in [1.29, 1.82) is 0 Å². The van der Waals surface area contributed by atoms with E-state index in [1.807, 2.05) is 0 Å². The average Bonchev–Trinajstić information content (AvgIpc) is 3.25. The van der Waals surface area contributed by atoms with Crippen LogP contribution in [-0.4, -0.2) is 22.7 Å². The van der Waals surface area contributed by atoms with E-state index in [1.54, 1.807) is 66.7 Å². The number of benzene rings is 3. The van der Waals surface area contributed by atoms with Crippen molar-refractivity contribution in [2.24, 2.45) is 0 Å². The van der Waals surface area contributed by atoms with E-state index >= 15 is 0 Å². The van der Waals surface area contributed by atoms with Crippen LogP contribution in [0.4, 0.5) is 10.1 Å². The Morgan fingerprint density at radius 3 is 2.70 bits per heavy atom. The highest BCUT2D eigenvalue weighted by molar-refractivity contribution is 6.33. The smallest absolute Gasteiger partial charge is 0.262 e. The lowest BCUT2D eigenvalue weighted by Crippen LogP contribution is -2.20. The number of carbonyl (C=O) groups is 1. The van der Waals surface area contributed by atoms with Crippen LogP contribution in [0.25, 0.3) is 22.8 Å². The van der Waals surface area contributed by atoms with Gasteiger partial charge in [0.1, 0.15) is 11.6 Å². The zero-order valence-corrected chi connectivity index (χ0v) is 16.3. The second kappa shape index (κ2) is 8.75. The van der Waals surface area contributed by atoms with Gasteiger partial charge < -0.3 is 14.6 Å². The number of aromatic nitrogens is 2. The van der Waals surface area contributed by atoms with Gasteiger partial charge >= 0.3 is 0 Å². The summed E-state index contributed by atoms with van der Waals surface area (Å²) in [4.78, 5) is 16.4. The molecule has 4 aromatic rings. The molecule has 0 fully saturated rings. The van der Waals surface area contributed by atoms with Crippen LogP contribution in [0.5, 0.6) is 5.75 Å². The summed E-state index contributed by atoms with van der Waals surface area (Å²) in [6.07, 6.45) is 0. The quantitative estimate of drug-likeness (QED) is 0.460. The van der Waals surface area contributed by atoms with Gasteiger partial charge in [0, 0.05) is 5.56 Å². The number of para-hydroxylation sites is 1. The van der Waals surface area contributed by atoms with Gasteiger partial charge in [0.05, 0.1) is 16.3 Å². The molecule has 30 heavy (non-hydrogen) atoms. The molecule has 0 saturated carbocycles. The fourth-order valence-electron chi connectivity index (χ4n) is 2.71. The van der Waals surface area contributed by atoms with E-state index in [0.717, 1.165) is 0 Å². The van der Waals surface area contributed by atoms with Gasteiger partial charge in [0.25, 0.3) is 11.8 Å². The van der Waals surface area contributed by atoms with Gasteiger partial charge in [-0.2, -0.15) is 4.98 Å². The minimum absolute atomic E-state index is 0.0774. The molecule has 0 aliphatic rings. The number of nitrogens with zero attached hydrogens (tertiary/aromatic N) is 2. The lowest BCUT2D eigenvalue weighted by Gasteiger charge is -2.09. The fraction of sp³-hybridized carbons (Fsp3) is 0.0455. The van der Waals surface area contributed by atoms with Gasteiger partial charge in [0.2, 0.25) is 5.82 Å². The van der Waals surface area contributed by atoms with Crippen molar-refractivity contribution in [1.82, 2.24) is 10.1 Å². The number of hydrogen-bond donors (Lipinski definition) is 1. The molecule has 0 aliphatic heterocycles. The maximum absolute atomic E-state index is 13.9. The van der Waals surface area contributed by atoms with Crippen LogP contribution >= 0.6 is 11.6 Å². The van der Waals surface area contributed by atoms with E-state index in [-0.39, 0.29) is 29.8 Å². The first kappa shape index (κ1) is 19.6. The van der Waals surface area contributed by atoms with Crippen molar-refractivity contribution in [3.8, 4) is 28.6 Å². The molecule has 0 bridgehead atoms. The van der Waals surface area contributed by atoms with Crippen molar-refractivity contribution in [3.63, 3.8) is 0 Å². The minimum Gasteiger partial charge on any atom is -0.484 e. The molecular formula is C22H15ClFN3O3.